The van der Waals surface area contributed by atoms with E-state index >= 15 is 0 Å². The van der Waals surface area contributed by atoms with Gasteiger partial charge in [0.1, 0.15) is 5.54 Å². The third kappa shape index (κ3) is 2.79. The molecule has 1 heterocycles. The Balaban J connectivity index is 2.12. The summed E-state index contributed by atoms with van der Waals surface area (Å²) in [6.07, 6.45) is 5.01. The molecule has 0 radical (unpaired) electrons. The Kier molecular flexibility index (Phi) is 4.58. The third-order valence-electron chi connectivity index (χ3n) is 5.08. The lowest BCUT2D eigenvalue weighted by Gasteiger charge is -2.42. The van der Waals surface area contributed by atoms with Gasteiger partial charge in [-0.05, 0) is 47.9 Å². The normalized spacial score (nSPS) is 16.8. The average Bonchev–Trinajstić information content (AvgIpc) is 3.07. The van der Waals surface area contributed by atoms with Gasteiger partial charge in [-0.2, -0.15) is 4.68 Å². The molecule has 128 valence electrons. The van der Waals surface area contributed by atoms with E-state index < -0.39 is 5.54 Å². The van der Waals surface area contributed by atoms with Gasteiger partial charge in [-0.3, -0.25) is 4.79 Å². The Hall–Kier alpha value is -1.95. The van der Waals surface area contributed by atoms with E-state index in [0.717, 1.165) is 36.9 Å². The van der Waals surface area contributed by atoms with E-state index in [0.29, 0.717) is 10.8 Å². The zero-order valence-corrected chi connectivity index (χ0v) is 15.0. The van der Waals surface area contributed by atoms with Crippen LogP contribution in [0.3, 0.4) is 0 Å². The predicted octanol–water partition coefficient (Wildman–Crippen LogP) is 3.26. The number of aromatic nitrogens is 4. The molecule has 0 spiro atoms. The summed E-state index contributed by atoms with van der Waals surface area (Å²) < 4.78 is 1.72. The van der Waals surface area contributed by atoms with Crippen molar-refractivity contribution in [3.63, 3.8) is 0 Å². The highest BCUT2D eigenvalue weighted by molar-refractivity contribution is 6.31. The Morgan fingerprint density at radius 3 is 2.62 bits per heavy atom. The van der Waals surface area contributed by atoms with Gasteiger partial charge in [0.15, 0.2) is 5.82 Å². The lowest BCUT2D eigenvalue weighted by Crippen LogP contribution is -2.49. The number of tetrazole rings is 1. The molecule has 0 unspecified atom stereocenters. The van der Waals surface area contributed by atoms with Crippen LogP contribution in [0.5, 0.6) is 0 Å². The first-order valence-electron chi connectivity index (χ1n) is 8.25. The molecule has 3 rings (SSSR count). The highest BCUT2D eigenvalue weighted by Crippen LogP contribution is 2.41. The average molecular weight is 348 g/mol. The Labute approximate surface area is 146 Å². The van der Waals surface area contributed by atoms with Crippen molar-refractivity contribution in [3.8, 4) is 5.69 Å². The fourth-order valence-electron chi connectivity index (χ4n) is 3.51. The van der Waals surface area contributed by atoms with Crippen molar-refractivity contribution in [2.24, 2.45) is 0 Å². The summed E-state index contributed by atoms with van der Waals surface area (Å²) in [6, 6.07) is 5.76. The molecule has 1 fully saturated rings. The minimum absolute atomic E-state index is 0.0217. The maximum atomic E-state index is 12.1. The van der Waals surface area contributed by atoms with Gasteiger partial charge in [0.25, 0.3) is 0 Å². The van der Waals surface area contributed by atoms with Gasteiger partial charge in [0.2, 0.25) is 5.91 Å². The number of hydrogen-bond donors (Lipinski definition) is 0. The zero-order chi connectivity index (χ0) is 17.3. The van der Waals surface area contributed by atoms with E-state index in [-0.39, 0.29) is 5.91 Å². The Morgan fingerprint density at radius 2 is 2.00 bits per heavy atom. The largest absolute Gasteiger partial charge is 0.333 e. The minimum Gasteiger partial charge on any atom is -0.333 e. The van der Waals surface area contributed by atoms with Crippen LogP contribution in [0.25, 0.3) is 5.69 Å². The smallest absolute Gasteiger partial charge is 0.220 e. The topological polar surface area (TPSA) is 63.9 Å². The van der Waals surface area contributed by atoms with Crippen molar-refractivity contribution >= 4 is 17.5 Å². The second kappa shape index (κ2) is 6.51. The maximum absolute atomic E-state index is 12.1. The summed E-state index contributed by atoms with van der Waals surface area (Å²) in [4.78, 5) is 13.9. The van der Waals surface area contributed by atoms with E-state index in [1.807, 2.05) is 32.2 Å². The fraction of sp³-hybridized carbons (Fsp3) is 0.529. The number of amides is 1. The summed E-state index contributed by atoms with van der Waals surface area (Å²) in [6.45, 7) is 3.55. The van der Waals surface area contributed by atoms with E-state index in [2.05, 4.69) is 15.5 Å². The maximum Gasteiger partial charge on any atom is 0.220 e. The van der Waals surface area contributed by atoms with Crippen LogP contribution >= 0.6 is 11.6 Å². The first kappa shape index (κ1) is 16.9. The number of nitrogens with zero attached hydrogens (tertiary/aromatic N) is 5. The number of benzene rings is 1. The molecule has 1 aliphatic carbocycles. The molecule has 1 aromatic carbocycles. The highest BCUT2D eigenvalue weighted by Gasteiger charge is 2.44. The van der Waals surface area contributed by atoms with E-state index in [1.54, 1.807) is 16.5 Å². The number of carbonyl (C=O) groups is 1. The van der Waals surface area contributed by atoms with Crippen molar-refractivity contribution in [1.82, 2.24) is 25.1 Å². The molecule has 1 aromatic heterocycles. The summed E-state index contributed by atoms with van der Waals surface area (Å²) >= 11 is 6.27. The van der Waals surface area contributed by atoms with Gasteiger partial charge in [-0.1, -0.05) is 36.9 Å². The summed E-state index contributed by atoms with van der Waals surface area (Å²) in [5, 5.41) is 13.1. The SMILES string of the molecule is CC(=O)N(C)C1(c2nnnn2-c2ccc(C)c(Cl)c2)CCCCC1. The second-order valence-corrected chi connectivity index (χ2v) is 6.93. The van der Waals surface area contributed by atoms with E-state index in [1.165, 1.54) is 6.42 Å². The number of hydrogen-bond acceptors (Lipinski definition) is 4. The van der Waals surface area contributed by atoms with Crippen LogP contribution in [-0.2, 0) is 10.3 Å². The lowest BCUT2D eigenvalue weighted by molar-refractivity contribution is -0.135. The Morgan fingerprint density at radius 1 is 1.29 bits per heavy atom. The molecule has 0 atom stereocenters. The molecule has 2 aromatic rings. The molecule has 7 heteroatoms. The predicted molar refractivity (Wildman–Crippen MR) is 92.1 cm³/mol. The molecule has 24 heavy (non-hydrogen) atoms. The number of rotatable bonds is 3. The fourth-order valence-corrected chi connectivity index (χ4v) is 3.69. The number of carbonyl (C=O) groups excluding carboxylic acids is 1. The molecule has 1 saturated carbocycles. The summed E-state index contributed by atoms with van der Waals surface area (Å²) in [7, 11) is 1.84. The van der Waals surface area contributed by atoms with Crippen LogP contribution in [0.1, 0.15) is 50.4 Å². The minimum atomic E-state index is -0.467. The van der Waals surface area contributed by atoms with E-state index in [9.17, 15) is 4.79 Å². The van der Waals surface area contributed by atoms with Crippen molar-refractivity contribution in [2.75, 3.05) is 7.05 Å². The molecule has 0 aliphatic heterocycles. The van der Waals surface area contributed by atoms with Gasteiger partial charge < -0.3 is 4.90 Å². The van der Waals surface area contributed by atoms with Crippen LogP contribution in [-0.4, -0.2) is 38.1 Å². The number of halogens is 1. The van der Waals surface area contributed by atoms with E-state index in [4.69, 9.17) is 11.6 Å². The summed E-state index contributed by atoms with van der Waals surface area (Å²) in [5.74, 6) is 0.730. The van der Waals surface area contributed by atoms with Crippen molar-refractivity contribution in [3.05, 3.63) is 34.6 Å². The van der Waals surface area contributed by atoms with Crippen LogP contribution in [0.2, 0.25) is 5.02 Å². The van der Waals surface area contributed by atoms with Gasteiger partial charge in [-0.25, -0.2) is 0 Å². The van der Waals surface area contributed by atoms with Crippen LogP contribution in [0.4, 0.5) is 0 Å². The molecule has 1 amide bonds. The standard InChI is InChI=1S/C17H22ClN5O/c1-12-7-8-14(11-15(12)18)23-16(19-20-21-23)17(22(3)13(2)24)9-5-4-6-10-17/h7-8,11H,4-6,9-10H2,1-3H3. The molecule has 6 nitrogen and oxygen atoms in total. The van der Waals surface area contributed by atoms with Crippen LogP contribution in [0.15, 0.2) is 18.2 Å². The lowest BCUT2D eigenvalue weighted by atomic mass is 9.79. The van der Waals surface area contributed by atoms with Crippen molar-refractivity contribution < 1.29 is 4.79 Å². The van der Waals surface area contributed by atoms with Gasteiger partial charge in [-0.15, -0.1) is 5.10 Å². The molecule has 1 aliphatic rings. The highest BCUT2D eigenvalue weighted by atomic mass is 35.5. The van der Waals surface area contributed by atoms with Crippen LogP contribution < -0.4 is 0 Å². The first-order valence-corrected chi connectivity index (χ1v) is 8.63. The van der Waals surface area contributed by atoms with Gasteiger partial charge >= 0.3 is 0 Å². The molecule has 0 N–H and O–H groups in total. The van der Waals surface area contributed by atoms with Gasteiger partial charge in [0, 0.05) is 19.0 Å². The van der Waals surface area contributed by atoms with Crippen molar-refractivity contribution in [2.45, 2.75) is 51.5 Å². The number of aryl methyl sites for hydroxylation is 1. The molecule has 0 bridgehead atoms. The van der Waals surface area contributed by atoms with Crippen LogP contribution in [0, 0.1) is 6.92 Å². The zero-order valence-electron chi connectivity index (χ0n) is 14.3. The Bertz CT molecular complexity index is 751. The van der Waals surface area contributed by atoms with Gasteiger partial charge in [0.05, 0.1) is 5.69 Å². The second-order valence-electron chi connectivity index (χ2n) is 6.52. The summed E-state index contributed by atoms with van der Waals surface area (Å²) in [5.41, 5.74) is 1.35. The molecular weight excluding hydrogens is 326 g/mol. The first-order chi connectivity index (χ1) is 11.5. The third-order valence-corrected chi connectivity index (χ3v) is 5.49. The molecule has 0 saturated heterocycles. The monoisotopic (exact) mass is 347 g/mol. The van der Waals surface area contributed by atoms with Crippen molar-refractivity contribution in [1.29, 1.82) is 0 Å². The quantitative estimate of drug-likeness (QED) is 0.854. The molecular formula is C17H22ClN5O.